The van der Waals surface area contributed by atoms with E-state index in [9.17, 15) is 0 Å². The van der Waals surface area contributed by atoms with Crippen molar-refractivity contribution in [2.45, 2.75) is 13.3 Å². The highest BCUT2D eigenvalue weighted by Gasteiger charge is 2.09. The molecule has 92 valence electrons. The summed E-state index contributed by atoms with van der Waals surface area (Å²) in [5.74, 6) is 1.46. The SMILES string of the molecule is CCCNc1cn2ccnc2c(-n2cncn2)n1. The van der Waals surface area contributed by atoms with E-state index in [1.807, 2.05) is 16.8 Å². The van der Waals surface area contributed by atoms with Gasteiger partial charge in [-0.15, -0.1) is 0 Å². The standard InChI is InChI=1S/C11H13N7/c1-2-3-13-9-6-17-5-4-14-10(17)11(16-9)18-8-12-7-15-18/h4-8,13H,2-3H2,1H3. The van der Waals surface area contributed by atoms with Crippen LogP contribution in [0.25, 0.3) is 11.5 Å². The summed E-state index contributed by atoms with van der Waals surface area (Å²) in [6, 6.07) is 0. The quantitative estimate of drug-likeness (QED) is 0.743. The van der Waals surface area contributed by atoms with E-state index < -0.39 is 0 Å². The first-order chi connectivity index (χ1) is 8.88. The van der Waals surface area contributed by atoms with Crippen molar-refractivity contribution in [3.63, 3.8) is 0 Å². The molecule has 7 heteroatoms. The van der Waals surface area contributed by atoms with Crippen LogP contribution in [0.3, 0.4) is 0 Å². The van der Waals surface area contributed by atoms with Gasteiger partial charge < -0.3 is 9.72 Å². The van der Waals surface area contributed by atoms with E-state index in [-0.39, 0.29) is 0 Å². The maximum Gasteiger partial charge on any atom is 0.201 e. The molecule has 0 saturated heterocycles. The van der Waals surface area contributed by atoms with E-state index in [2.05, 4.69) is 32.3 Å². The van der Waals surface area contributed by atoms with Gasteiger partial charge in [0.05, 0.1) is 6.20 Å². The molecule has 0 radical (unpaired) electrons. The lowest BCUT2D eigenvalue weighted by atomic mass is 10.4. The molecule has 18 heavy (non-hydrogen) atoms. The van der Waals surface area contributed by atoms with Crippen LogP contribution in [-0.4, -0.2) is 35.7 Å². The minimum Gasteiger partial charge on any atom is -0.369 e. The van der Waals surface area contributed by atoms with Crippen molar-refractivity contribution >= 4 is 11.5 Å². The minimum atomic E-state index is 0.665. The van der Waals surface area contributed by atoms with Gasteiger partial charge in [0.1, 0.15) is 18.5 Å². The Labute approximate surface area is 104 Å². The number of hydrogen-bond acceptors (Lipinski definition) is 5. The molecule has 0 saturated carbocycles. The smallest absolute Gasteiger partial charge is 0.201 e. The van der Waals surface area contributed by atoms with E-state index in [1.54, 1.807) is 17.2 Å². The highest BCUT2D eigenvalue weighted by atomic mass is 15.4. The fourth-order valence-electron chi connectivity index (χ4n) is 1.72. The molecule has 3 heterocycles. The second-order valence-electron chi connectivity index (χ2n) is 3.87. The predicted octanol–water partition coefficient (Wildman–Crippen LogP) is 1.13. The molecule has 0 aliphatic heterocycles. The first-order valence-corrected chi connectivity index (χ1v) is 5.81. The van der Waals surface area contributed by atoms with E-state index in [1.165, 1.54) is 6.33 Å². The van der Waals surface area contributed by atoms with Gasteiger partial charge >= 0.3 is 0 Å². The average Bonchev–Trinajstić information content (AvgIpc) is 3.05. The molecule has 0 aliphatic rings. The fourth-order valence-corrected chi connectivity index (χ4v) is 1.72. The molecule has 0 spiro atoms. The van der Waals surface area contributed by atoms with Gasteiger partial charge in [0.2, 0.25) is 5.82 Å². The van der Waals surface area contributed by atoms with Crippen LogP contribution in [0, 0.1) is 0 Å². The van der Waals surface area contributed by atoms with Crippen LogP contribution >= 0.6 is 0 Å². The highest BCUT2D eigenvalue weighted by Crippen LogP contribution is 2.14. The van der Waals surface area contributed by atoms with Crippen molar-refractivity contribution in [3.05, 3.63) is 31.2 Å². The molecule has 0 amide bonds. The topological polar surface area (TPSA) is 72.9 Å². The molecule has 3 rings (SSSR count). The Morgan fingerprint density at radius 3 is 3.11 bits per heavy atom. The van der Waals surface area contributed by atoms with Crippen LogP contribution in [-0.2, 0) is 0 Å². The van der Waals surface area contributed by atoms with Gasteiger partial charge in [-0.3, -0.25) is 0 Å². The zero-order valence-electron chi connectivity index (χ0n) is 9.98. The Bertz CT molecular complexity index is 641. The molecule has 0 aliphatic carbocycles. The zero-order chi connectivity index (χ0) is 12.4. The molecule has 3 aromatic heterocycles. The van der Waals surface area contributed by atoms with E-state index in [0.717, 1.165) is 24.4 Å². The van der Waals surface area contributed by atoms with Crippen molar-refractivity contribution in [2.75, 3.05) is 11.9 Å². The average molecular weight is 243 g/mol. The van der Waals surface area contributed by atoms with Crippen LogP contribution in [0.4, 0.5) is 5.82 Å². The lowest BCUT2D eigenvalue weighted by Gasteiger charge is -2.08. The lowest BCUT2D eigenvalue weighted by molar-refractivity contribution is 0.838. The number of anilines is 1. The third kappa shape index (κ3) is 1.79. The van der Waals surface area contributed by atoms with Gasteiger partial charge in [-0.2, -0.15) is 9.78 Å². The Hall–Kier alpha value is -2.44. The molecule has 3 aromatic rings. The molecule has 0 unspecified atom stereocenters. The summed E-state index contributed by atoms with van der Waals surface area (Å²) in [5, 5.41) is 7.36. The Morgan fingerprint density at radius 2 is 2.33 bits per heavy atom. The van der Waals surface area contributed by atoms with Gasteiger partial charge in [0.15, 0.2) is 5.65 Å². The summed E-state index contributed by atoms with van der Waals surface area (Å²) in [4.78, 5) is 12.7. The highest BCUT2D eigenvalue weighted by molar-refractivity contribution is 5.57. The van der Waals surface area contributed by atoms with Crippen LogP contribution < -0.4 is 5.32 Å². The van der Waals surface area contributed by atoms with Gasteiger partial charge in [-0.25, -0.2) is 15.0 Å². The summed E-state index contributed by atoms with van der Waals surface area (Å²) >= 11 is 0. The van der Waals surface area contributed by atoms with Crippen LogP contribution in [0.15, 0.2) is 31.2 Å². The van der Waals surface area contributed by atoms with Crippen molar-refractivity contribution in [3.8, 4) is 5.82 Å². The Kier molecular flexibility index (Phi) is 2.64. The molecule has 0 atom stereocenters. The van der Waals surface area contributed by atoms with Crippen molar-refractivity contribution in [1.29, 1.82) is 0 Å². The number of nitrogens with one attached hydrogen (secondary N) is 1. The minimum absolute atomic E-state index is 0.665. The first kappa shape index (κ1) is 10.7. The van der Waals surface area contributed by atoms with E-state index in [0.29, 0.717) is 5.82 Å². The fraction of sp³-hybridized carbons (Fsp3) is 0.273. The van der Waals surface area contributed by atoms with Gasteiger partial charge in [-0.1, -0.05) is 6.92 Å². The summed E-state index contributed by atoms with van der Waals surface area (Å²) in [6.07, 6.45) is 9.67. The summed E-state index contributed by atoms with van der Waals surface area (Å²) in [5.41, 5.74) is 0.752. The van der Waals surface area contributed by atoms with Crippen molar-refractivity contribution in [1.82, 2.24) is 29.1 Å². The maximum absolute atomic E-state index is 4.52. The number of imidazole rings is 1. The van der Waals surface area contributed by atoms with Crippen LogP contribution in [0.1, 0.15) is 13.3 Å². The van der Waals surface area contributed by atoms with Gasteiger partial charge in [0, 0.05) is 18.9 Å². The third-order valence-corrected chi connectivity index (χ3v) is 2.55. The molecule has 7 nitrogen and oxygen atoms in total. The first-order valence-electron chi connectivity index (χ1n) is 5.81. The largest absolute Gasteiger partial charge is 0.369 e. The lowest BCUT2D eigenvalue weighted by Crippen LogP contribution is -2.08. The number of fused-ring (bicyclic) bond motifs is 1. The molecule has 0 fully saturated rings. The second-order valence-corrected chi connectivity index (χ2v) is 3.87. The Balaban J connectivity index is 2.12. The number of aromatic nitrogens is 6. The van der Waals surface area contributed by atoms with Crippen molar-refractivity contribution < 1.29 is 0 Å². The zero-order valence-corrected chi connectivity index (χ0v) is 9.98. The second kappa shape index (κ2) is 4.44. The number of rotatable bonds is 4. The van der Waals surface area contributed by atoms with Crippen molar-refractivity contribution in [2.24, 2.45) is 0 Å². The molecule has 0 bridgehead atoms. The van der Waals surface area contributed by atoms with E-state index >= 15 is 0 Å². The van der Waals surface area contributed by atoms with Gasteiger partial charge in [0.25, 0.3) is 0 Å². The maximum atomic E-state index is 4.52. The predicted molar refractivity (Wildman–Crippen MR) is 66.7 cm³/mol. The number of nitrogens with zero attached hydrogens (tertiary/aromatic N) is 6. The number of hydrogen-bond donors (Lipinski definition) is 1. The molecule has 0 aromatic carbocycles. The van der Waals surface area contributed by atoms with Gasteiger partial charge in [-0.05, 0) is 6.42 Å². The summed E-state index contributed by atoms with van der Waals surface area (Å²) < 4.78 is 3.53. The van der Waals surface area contributed by atoms with Crippen LogP contribution in [0.5, 0.6) is 0 Å². The third-order valence-electron chi connectivity index (χ3n) is 2.55. The molecular formula is C11H13N7. The monoisotopic (exact) mass is 243 g/mol. The summed E-state index contributed by atoms with van der Waals surface area (Å²) in [7, 11) is 0. The Morgan fingerprint density at radius 1 is 1.39 bits per heavy atom. The normalized spacial score (nSPS) is 10.9. The summed E-state index contributed by atoms with van der Waals surface area (Å²) in [6.45, 7) is 2.99. The molecule has 1 N–H and O–H groups in total. The van der Waals surface area contributed by atoms with E-state index in [4.69, 9.17) is 0 Å². The molecular weight excluding hydrogens is 230 g/mol. The van der Waals surface area contributed by atoms with Crippen LogP contribution in [0.2, 0.25) is 0 Å².